The van der Waals surface area contributed by atoms with E-state index >= 15 is 0 Å². The second kappa shape index (κ2) is 6.45. The van der Waals surface area contributed by atoms with Crippen LogP contribution in [0.5, 0.6) is 5.75 Å². The van der Waals surface area contributed by atoms with Gasteiger partial charge in [0.15, 0.2) is 0 Å². The lowest BCUT2D eigenvalue weighted by atomic mass is 10.1. The van der Waals surface area contributed by atoms with Crippen molar-refractivity contribution >= 4 is 23.4 Å². The Morgan fingerprint density at radius 3 is 2.90 bits per heavy atom. The van der Waals surface area contributed by atoms with E-state index in [1.807, 2.05) is 0 Å². The summed E-state index contributed by atoms with van der Waals surface area (Å²) in [4.78, 5) is 8.28. The van der Waals surface area contributed by atoms with Crippen LogP contribution in [-0.2, 0) is 0 Å². The van der Waals surface area contributed by atoms with Gasteiger partial charge in [-0.15, -0.1) is 0 Å². The number of nitrogens with two attached hydrogens (primary N) is 1. The van der Waals surface area contributed by atoms with E-state index in [4.69, 9.17) is 22.1 Å². The maximum absolute atomic E-state index is 9.67. The van der Waals surface area contributed by atoms with Crippen LogP contribution < -0.4 is 10.5 Å². The molecule has 6 heteroatoms. The predicted molar refractivity (Wildman–Crippen MR) is 84.7 cm³/mol. The van der Waals surface area contributed by atoms with Crippen molar-refractivity contribution in [1.82, 2.24) is 4.98 Å². The van der Waals surface area contributed by atoms with Gasteiger partial charge < -0.3 is 15.6 Å². The zero-order chi connectivity index (χ0) is 15.5. The number of nitrogens with zero attached hydrogens (tertiary/aromatic N) is 2. The molecule has 1 aliphatic rings. The van der Waals surface area contributed by atoms with E-state index in [-0.39, 0.29) is 12.6 Å². The fourth-order valence-corrected chi connectivity index (χ4v) is 1.81. The van der Waals surface area contributed by atoms with Gasteiger partial charge in [0.05, 0.1) is 18.2 Å². The first-order valence-corrected chi connectivity index (χ1v) is 7.23. The second-order valence-electron chi connectivity index (χ2n) is 5.72. The van der Waals surface area contributed by atoms with Crippen LogP contribution in [0.4, 0.5) is 0 Å². The standard InChI is InChI=1S/C15H20ClN3O2/c1-15(2,20)9-18-7-10(6-17)12-8-19-14(16)5-13(12)21-11-3-4-11/h5-8,11,20H,3-4,9,17H2,1-2H3. The largest absolute Gasteiger partial charge is 0.490 e. The molecule has 3 N–H and O–H groups in total. The molecule has 0 aromatic carbocycles. The number of pyridine rings is 1. The number of rotatable bonds is 6. The zero-order valence-corrected chi connectivity index (χ0v) is 13.0. The first-order chi connectivity index (χ1) is 9.89. The van der Waals surface area contributed by atoms with Gasteiger partial charge in [0, 0.05) is 35.8 Å². The van der Waals surface area contributed by atoms with Crippen molar-refractivity contribution in [2.24, 2.45) is 10.7 Å². The van der Waals surface area contributed by atoms with Gasteiger partial charge in [-0.05, 0) is 26.7 Å². The van der Waals surface area contributed by atoms with Gasteiger partial charge >= 0.3 is 0 Å². The molecular formula is C15H20ClN3O2. The monoisotopic (exact) mass is 309 g/mol. The molecule has 1 heterocycles. The summed E-state index contributed by atoms with van der Waals surface area (Å²) >= 11 is 5.92. The van der Waals surface area contributed by atoms with Crippen molar-refractivity contribution < 1.29 is 9.84 Å². The molecule has 114 valence electrons. The lowest BCUT2D eigenvalue weighted by Gasteiger charge is -2.14. The van der Waals surface area contributed by atoms with Crippen LogP contribution >= 0.6 is 11.6 Å². The van der Waals surface area contributed by atoms with Crippen LogP contribution in [0.1, 0.15) is 32.3 Å². The van der Waals surface area contributed by atoms with Crippen LogP contribution in [0.25, 0.3) is 5.57 Å². The molecule has 0 atom stereocenters. The molecule has 1 saturated carbocycles. The Labute approximate surface area is 129 Å². The van der Waals surface area contributed by atoms with Crippen molar-refractivity contribution in [3.8, 4) is 5.75 Å². The molecule has 0 saturated heterocycles. The summed E-state index contributed by atoms with van der Waals surface area (Å²) in [7, 11) is 0. The number of halogens is 1. The van der Waals surface area contributed by atoms with E-state index in [2.05, 4.69) is 9.98 Å². The molecule has 21 heavy (non-hydrogen) atoms. The highest BCUT2D eigenvalue weighted by Crippen LogP contribution is 2.32. The summed E-state index contributed by atoms with van der Waals surface area (Å²) in [6.07, 6.45) is 7.02. The Hall–Kier alpha value is -1.59. The number of aromatic nitrogens is 1. The van der Waals surface area contributed by atoms with Crippen molar-refractivity contribution in [1.29, 1.82) is 0 Å². The highest BCUT2D eigenvalue weighted by Gasteiger charge is 2.25. The molecule has 1 aromatic heterocycles. The third-order valence-corrected chi connectivity index (χ3v) is 3.06. The van der Waals surface area contributed by atoms with Gasteiger partial charge in [0.25, 0.3) is 0 Å². The molecular weight excluding hydrogens is 290 g/mol. The average molecular weight is 310 g/mol. The van der Waals surface area contributed by atoms with Gasteiger partial charge in [0.1, 0.15) is 10.9 Å². The lowest BCUT2D eigenvalue weighted by Crippen LogP contribution is -2.22. The summed E-state index contributed by atoms with van der Waals surface area (Å²) in [6.45, 7) is 3.67. The molecule has 0 unspecified atom stereocenters. The third-order valence-electron chi connectivity index (χ3n) is 2.85. The number of ether oxygens (including phenoxy) is 1. The van der Waals surface area contributed by atoms with E-state index in [0.717, 1.165) is 18.4 Å². The summed E-state index contributed by atoms with van der Waals surface area (Å²) in [5.74, 6) is 0.656. The fraction of sp³-hybridized carbons (Fsp3) is 0.467. The molecule has 1 aliphatic carbocycles. The van der Waals surface area contributed by atoms with Crippen LogP contribution in [0, 0.1) is 0 Å². The summed E-state index contributed by atoms with van der Waals surface area (Å²) in [6, 6.07) is 1.68. The Morgan fingerprint density at radius 1 is 1.62 bits per heavy atom. The highest BCUT2D eigenvalue weighted by atomic mass is 35.5. The van der Waals surface area contributed by atoms with Gasteiger partial charge in [-0.25, -0.2) is 4.98 Å². The van der Waals surface area contributed by atoms with Crippen LogP contribution in [0.2, 0.25) is 5.15 Å². The van der Waals surface area contributed by atoms with Crippen molar-refractivity contribution in [2.75, 3.05) is 6.54 Å². The summed E-state index contributed by atoms with van der Waals surface area (Å²) < 4.78 is 5.84. The molecule has 0 aliphatic heterocycles. The van der Waals surface area contributed by atoms with Crippen molar-refractivity contribution in [3.63, 3.8) is 0 Å². The number of hydrogen-bond donors (Lipinski definition) is 2. The van der Waals surface area contributed by atoms with Crippen molar-refractivity contribution in [3.05, 3.63) is 29.2 Å². The number of aliphatic imine (C=N–C) groups is 1. The number of allylic oxidation sites excluding steroid dienone is 1. The SMILES string of the molecule is CC(C)(O)CN=CC(=CN)c1cnc(Cl)cc1OC1CC1. The normalized spacial score (nSPS) is 16.5. The Kier molecular flexibility index (Phi) is 4.85. The van der Waals surface area contributed by atoms with E-state index in [1.165, 1.54) is 6.20 Å². The van der Waals surface area contributed by atoms with Gasteiger partial charge in [-0.3, -0.25) is 4.99 Å². The highest BCUT2D eigenvalue weighted by molar-refractivity contribution is 6.29. The quantitative estimate of drug-likeness (QED) is 0.624. The minimum atomic E-state index is -0.859. The molecule has 2 rings (SSSR count). The zero-order valence-electron chi connectivity index (χ0n) is 12.2. The maximum atomic E-state index is 9.67. The summed E-state index contributed by atoms with van der Waals surface area (Å²) in [5.41, 5.74) is 6.24. The first-order valence-electron chi connectivity index (χ1n) is 6.86. The molecule has 0 amide bonds. The smallest absolute Gasteiger partial charge is 0.132 e. The minimum absolute atomic E-state index is 0.245. The van der Waals surface area contributed by atoms with Crippen LogP contribution in [0.3, 0.4) is 0 Å². The third kappa shape index (κ3) is 5.02. The molecule has 1 aromatic rings. The predicted octanol–water partition coefficient (Wildman–Crippen LogP) is 2.42. The Balaban J connectivity index is 2.21. The van der Waals surface area contributed by atoms with E-state index in [0.29, 0.717) is 16.5 Å². The molecule has 0 bridgehead atoms. The van der Waals surface area contributed by atoms with Gasteiger partial charge in [-0.2, -0.15) is 0 Å². The van der Waals surface area contributed by atoms with Crippen LogP contribution in [0.15, 0.2) is 23.5 Å². The van der Waals surface area contributed by atoms with E-state index < -0.39 is 5.60 Å². The number of aliphatic hydroxyl groups is 1. The average Bonchev–Trinajstić information content (AvgIpc) is 3.18. The molecule has 5 nitrogen and oxygen atoms in total. The topological polar surface area (TPSA) is 80.7 Å². The minimum Gasteiger partial charge on any atom is -0.490 e. The van der Waals surface area contributed by atoms with Gasteiger partial charge in [-0.1, -0.05) is 11.6 Å². The molecule has 0 spiro atoms. The van der Waals surface area contributed by atoms with E-state index in [1.54, 1.807) is 32.3 Å². The number of hydrogen-bond acceptors (Lipinski definition) is 5. The lowest BCUT2D eigenvalue weighted by molar-refractivity contribution is 0.0906. The Bertz CT molecular complexity index is 561. The first kappa shape index (κ1) is 15.8. The maximum Gasteiger partial charge on any atom is 0.132 e. The van der Waals surface area contributed by atoms with Gasteiger partial charge in [0.2, 0.25) is 0 Å². The Morgan fingerprint density at radius 2 is 2.33 bits per heavy atom. The van der Waals surface area contributed by atoms with Crippen molar-refractivity contribution in [2.45, 2.75) is 38.4 Å². The molecule has 1 fully saturated rings. The molecule has 0 radical (unpaired) electrons. The van der Waals surface area contributed by atoms with E-state index in [9.17, 15) is 5.11 Å². The fourth-order valence-electron chi connectivity index (χ4n) is 1.66. The summed E-state index contributed by atoms with van der Waals surface area (Å²) in [5, 5.41) is 10.0. The van der Waals surface area contributed by atoms with Crippen LogP contribution in [-0.4, -0.2) is 34.6 Å². The second-order valence-corrected chi connectivity index (χ2v) is 6.11.